The number of methoxy groups -OCH3 is 1. The number of nitrogens with zero attached hydrogens (tertiary/aromatic N) is 1. The molecule has 1 aromatic carbocycles. The standard InChI is InChI=1S/C11H11Br2NO5/c1-18-11-8(15)4-9(11)19-10-6(12)2-5(14(16)17)3-7(10)13/h2-3,8-9,11,15H,4H2,1H3. The Bertz CT molecular complexity index is 487. The monoisotopic (exact) mass is 395 g/mol. The average Bonchev–Trinajstić information content (AvgIpc) is 2.32. The second-order valence-electron chi connectivity index (χ2n) is 4.16. The second-order valence-corrected chi connectivity index (χ2v) is 5.86. The van der Waals surface area contributed by atoms with Crippen LogP contribution in [0, 0.1) is 10.1 Å². The number of aliphatic hydroxyl groups is 1. The molecule has 0 aromatic heterocycles. The molecule has 1 aliphatic rings. The van der Waals surface area contributed by atoms with Gasteiger partial charge in [0.15, 0.2) is 0 Å². The first kappa shape index (κ1) is 14.7. The number of non-ortho nitro benzene ring substituents is 1. The van der Waals surface area contributed by atoms with Crippen LogP contribution in [0.1, 0.15) is 6.42 Å². The van der Waals surface area contributed by atoms with Crippen molar-refractivity contribution in [1.29, 1.82) is 0 Å². The Balaban J connectivity index is 2.20. The number of rotatable bonds is 4. The van der Waals surface area contributed by atoms with Gasteiger partial charge in [0, 0.05) is 25.7 Å². The minimum absolute atomic E-state index is 0.0389. The van der Waals surface area contributed by atoms with Gasteiger partial charge in [-0.25, -0.2) is 0 Å². The highest BCUT2D eigenvalue weighted by molar-refractivity contribution is 9.11. The summed E-state index contributed by atoms with van der Waals surface area (Å²) >= 11 is 6.48. The predicted octanol–water partition coefficient (Wildman–Crippen LogP) is 2.65. The molecule has 0 bridgehead atoms. The maximum absolute atomic E-state index is 10.7. The molecular formula is C11H11Br2NO5. The summed E-state index contributed by atoms with van der Waals surface area (Å²) in [4.78, 5) is 10.2. The summed E-state index contributed by atoms with van der Waals surface area (Å²) in [5, 5.41) is 20.2. The van der Waals surface area contributed by atoms with Gasteiger partial charge in [-0.1, -0.05) is 0 Å². The number of halogens is 2. The van der Waals surface area contributed by atoms with E-state index in [-0.39, 0.29) is 17.9 Å². The van der Waals surface area contributed by atoms with Gasteiger partial charge in [0.25, 0.3) is 5.69 Å². The Morgan fingerprint density at radius 3 is 2.42 bits per heavy atom. The lowest BCUT2D eigenvalue weighted by molar-refractivity contribution is -0.385. The molecule has 1 fully saturated rings. The van der Waals surface area contributed by atoms with Crippen LogP contribution in [0.25, 0.3) is 0 Å². The molecule has 6 nitrogen and oxygen atoms in total. The Labute approximate surface area is 126 Å². The second kappa shape index (κ2) is 5.74. The van der Waals surface area contributed by atoms with Gasteiger partial charge in [0.1, 0.15) is 18.0 Å². The van der Waals surface area contributed by atoms with Crippen molar-refractivity contribution in [3.63, 3.8) is 0 Å². The molecule has 0 saturated heterocycles. The van der Waals surface area contributed by atoms with Crippen molar-refractivity contribution in [3.8, 4) is 5.75 Å². The Kier molecular flexibility index (Phi) is 4.44. The molecule has 0 spiro atoms. The van der Waals surface area contributed by atoms with Gasteiger partial charge in [-0.05, 0) is 31.9 Å². The van der Waals surface area contributed by atoms with E-state index in [0.29, 0.717) is 21.1 Å². The smallest absolute Gasteiger partial charge is 0.271 e. The molecule has 8 heteroatoms. The zero-order valence-electron chi connectivity index (χ0n) is 9.88. The molecular weight excluding hydrogens is 386 g/mol. The third-order valence-electron chi connectivity index (χ3n) is 2.95. The molecule has 19 heavy (non-hydrogen) atoms. The third kappa shape index (κ3) is 2.91. The minimum atomic E-state index is -0.536. The normalized spacial score (nSPS) is 25.8. The predicted molar refractivity (Wildman–Crippen MR) is 74.3 cm³/mol. The largest absolute Gasteiger partial charge is 0.485 e. The molecule has 0 amide bonds. The fourth-order valence-electron chi connectivity index (χ4n) is 1.90. The molecule has 0 heterocycles. The van der Waals surface area contributed by atoms with E-state index in [4.69, 9.17) is 9.47 Å². The van der Waals surface area contributed by atoms with E-state index in [1.54, 1.807) is 0 Å². The number of nitro benzene ring substituents is 1. The molecule has 2 rings (SSSR count). The molecule has 1 aromatic rings. The Morgan fingerprint density at radius 1 is 1.42 bits per heavy atom. The average molecular weight is 397 g/mol. The van der Waals surface area contributed by atoms with Crippen molar-refractivity contribution in [2.75, 3.05) is 7.11 Å². The molecule has 1 N–H and O–H groups in total. The van der Waals surface area contributed by atoms with E-state index in [1.807, 2.05) is 0 Å². The molecule has 3 unspecified atom stereocenters. The van der Waals surface area contributed by atoms with Crippen molar-refractivity contribution in [2.24, 2.45) is 0 Å². The maximum atomic E-state index is 10.7. The minimum Gasteiger partial charge on any atom is -0.485 e. The van der Waals surface area contributed by atoms with Crippen LogP contribution in [0.5, 0.6) is 5.75 Å². The number of ether oxygens (including phenoxy) is 2. The van der Waals surface area contributed by atoms with Crippen molar-refractivity contribution >= 4 is 37.5 Å². The van der Waals surface area contributed by atoms with Crippen molar-refractivity contribution in [3.05, 3.63) is 31.2 Å². The van der Waals surface area contributed by atoms with E-state index in [2.05, 4.69) is 31.9 Å². The van der Waals surface area contributed by atoms with Gasteiger partial charge in [0.2, 0.25) is 0 Å². The van der Waals surface area contributed by atoms with E-state index in [1.165, 1.54) is 19.2 Å². The summed E-state index contributed by atoms with van der Waals surface area (Å²) in [7, 11) is 1.50. The first-order valence-corrected chi connectivity index (χ1v) is 7.03. The summed E-state index contributed by atoms with van der Waals surface area (Å²) in [5.74, 6) is 0.463. The van der Waals surface area contributed by atoms with Crippen LogP contribution in [0.2, 0.25) is 0 Å². The molecule has 104 valence electrons. The van der Waals surface area contributed by atoms with Crippen molar-refractivity contribution < 1.29 is 19.5 Å². The lowest BCUT2D eigenvalue weighted by atomic mass is 9.88. The van der Waals surface area contributed by atoms with E-state index in [0.717, 1.165) is 0 Å². The number of hydrogen-bond acceptors (Lipinski definition) is 5. The lowest BCUT2D eigenvalue weighted by Gasteiger charge is -2.40. The number of benzene rings is 1. The van der Waals surface area contributed by atoms with Gasteiger partial charge in [-0.2, -0.15) is 0 Å². The first-order valence-electron chi connectivity index (χ1n) is 5.45. The number of nitro groups is 1. The van der Waals surface area contributed by atoms with Crippen LogP contribution in [-0.2, 0) is 4.74 Å². The quantitative estimate of drug-likeness (QED) is 0.624. The highest BCUT2D eigenvalue weighted by Gasteiger charge is 2.42. The van der Waals surface area contributed by atoms with E-state index in [9.17, 15) is 15.2 Å². The topological polar surface area (TPSA) is 81.8 Å². The fraction of sp³-hybridized carbons (Fsp3) is 0.455. The molecule has 1 aliphatic carbocycles. The summed E-state index contributed by atoms with van der Waals surface area (Å²) < 4.78 is 11.8. The number of aliphatic hydroxyl groups excluding tert-OH is 1. The maximum Gasteiger partial charge on any atom is 0.271 e. The Morgan fingerprint density at radius 2 is 2.00 bits per heavy atom. The summed E-state index contributed by atoms with van der Waals surface area (Å²) in [6.07, 6.45) is -0.720. The van der Waals surface area contributed by atoms with Gasteiger partial charge in [0.05, 0.1) is 20.0 Å². The molecule has 0 radical (unpaired) electrons. The van der Waals surface area contributed by atoms with Crippen LogP contribution >= 0.6 is 31.9 Å². The molecule has 0 aliphatic heterocycles. The SMILES string of the molecule is COC1C(O)CC1Oc1c(Br)cc([N+](=O)[O-])cc1Br. The Hall–Kier alpha value is -0.700. The first-order chi connectivity index (χ1) is 8.93. The van der Waals surface area contributed by atoms with Gasteiger partial charge in [-0.15, -0.1) is 0 Å². The highest BCUT2D eigenvalue weighted by Crippen LogP contribution is 2.40. The van der Waals surface area contributed by atoms with Gasteiger partial charge in [-0.3, -0.25) is 10.1 Å². The van der Waals surface area contributed by atoms with Crippen LogP contribution < -0.4 is 4.74 Å². The van der Waals surface area contributed by atoms with Crippen LogP contribution in [-0.4, -0.2) is 35.5 Å². The fourth-order valence-corrected chi connectivity index (χ4v) is 3.25. The summed E-state index contributed by atoms with van der Waals surface area (Å²) in [6.45, 7) is 0. The van der Waals surface area contributed by atoms with E-state index >= 15 is 0 Å². The summed E-state index contributed by atoms with van der Waals surface area (Å²) in [6, 6.07) is 2.74. The van der Waals surface area contributed by atoms with Crippen LogP contribution in [0.3, 0.4) is 0 Å². The van der Waals surface area contributed by atoms with Crippen LogP contribution in [0.15, 0.2) is 21.1 Å². The lowest BCUT2D eigenvalue weighted by Crippen LogP contribution is -2.54. The summed E-state index contributed by atoms with van der Waals surface area (Å²) in [5.41, 5.74) is -0.0389. The molecule has 3 atom stereocenters. The zero-order chi connectivity index (χ0) is 14.2. The zero-order valence-corrected chi connectivity index (χ0v) is 13.0. The van der Waals surface area contributed by atoms with Crippen molar-refractivity contribution in [2.45, 2.75) is 24.7 Å². The van der Waals surface area contributed by atoms with Crippen molar-refractivity contribution in [1.82, 2.24) is 0 Å². The van der Waals surface area contributed by atoms with Crippen LogP contribution in [0.4, 0.5) is 5.69 Å². The number of hydrogen-bond donors (Lipinski definition) is 1. The van der Waals surface area contributed by atoms with E-state index < -0.39 is 11.0 Å². The third-order valence-corrected chi connectivity index (χ3v) is 4.13. The van der Waals surface area contributed by atoms with Gasteiger partial charge < -0.3 is 14.6 Å². The van der Waals surface area contributed by atoms with Gasteiger partial charge >= 0.3 is 0 Å². The molecule has 1 saturated carbocycles. The highest BCUT2D eigenvalue weighted by atomic mass is 79.9.